The monoisotopic (exact) mass is 291 g/mol. The summed E-state index contributed by atoms with van der Waals surface area (Å²) >= 11 is 5.80. The molecule has 0 spiro atoms. The molecule has 4 heteroatoms. The van der Waals surface area contributed by atoms with E-state index in [4.69, 9.17) is 11.6 Å². The normalized spacial score (nSPS) is 13.9. The van der Waals surface area contributed by atoms with Crippen molar-refractivity contribution in [2.24, 2.45) is 0 Å². The summed E-state index contributed by atoms with van der Waals surface area (Å²) < 4.78 is 0. The minimum atomic E-state index is -0.616. The Morgan fingerprint density at radius 2 is 1.30 bits per heavy atom. The summed E-state index contributed by atoms with van der Waals surface area (Å²) in [5.74, 6) is 0. The second-order valence-electron chi connectivity index (χ2n) is 4.65. The number of hydrogen-bond acceptors (Lipinski definition) is 3. The SMILES string of the molecule is OC(CNCC(O)c1ccc(Cl)cc1)c1ccccc1. The lowest BCUT2D eigenvalue weighted by Crippen LogP contribution is -2.26. The topological polar surface area (TPSA) is 52.5 Å². The fourth-order valence-corrected chi connectivity index (χ4v) is 2.08. The Morgan fingerprint density at radius 1 is 0.800 bits per heavy atom. The molecule has 2 atom stereocenters. The molecule has 0 bridgehead atoms. The molecule has 0 amide bonds. The Hall–Kier alpha value is -1.39. The zero-order valence-corrected chi connectivity index (χ0v) is 11.8. The van der Waals surface area contributed by atoms with Gasteiger partial charge >= 0.3 is 0 Å². The third-order valence-corrected chi connectivity index (χ3v) is 3.37. The van der Waals surface area contributed by atoms with E-state index in [0.29, 0.717) is 18.1 Å². The van der Waals surface area contributed by atoms with Crippen LogP contribution < -0.4 is 5.32 Å². The number of aliphatic hydroxyl groups is 2. The highest BCUT2D eigenvalue weighted by atomic mass is 35.5. The van der Waals surface area contributed by atoms with Crippen molar-refractivity contribution >= 4 is 11.6 Å². The van der Waals surface area contributed by atoms with Crippen molar-refractivity contribution in [3.63, 3.8) is 0 Å². The van der Waals surface area contributed by atoms with Crippen molar-refractivity contribution in [1.82, 2.24) is 5.32 Å². The first-order valence-electron chi connectivity index (χ1n) is 6.54. The lowest BCUT2D eigenvalue weighted by molar-refractivity contribution is 0.147. The molecule has 0 aromatic heterocycles. The highest BCUT2D eigenvalue weighted by Crippen LogP contribution is 2.16. The van der Waals surface area contributed by atoms with Crippen molar-refractivity contribution in [3.8, 4) is 0 Å². The van der Waals surface area contributed by atoms with E-state index >= 15 is 0 Å². The van der Waals surface area contributed by atoms with Gasteiger partial charge in [0, 0.05) is 18.1 Å². The Kier molecular flexibility index (Phi) is 5.56. The number of halogens is 1. The van der Waals surface area contributed by atoms with Crippen LogP contribution in [-0.4, -0.2) is 23.3 Å². The zero-order valence-electron chi connectivity index (χ0n) is 11.0. The molecule has 20 heavy (non-hydrogen) atoms. The molecule has 0 radical (unpaired) electrons. The van der Waals surface area contributed by atoms with Crippen molar-refractivity contribution in [2.75, 3.05) is 13.1 Å². The minimum Gasteiger partial charge on any atom is -0.387 e. The van der Waals surface area contributed by atoms with Crippen LogP contribution in [0.3, 0.4) is 0 Å². The van der Waals surface area contributed by atoms with E-state index in [0.717, 1.165) is 11.1 Å². The molecular weight excluding hydrogens is 274 g/mol. The Balaban J connectivity index is 1.79. The van der Waals surface area contributed by atoms with E-state index in [1.807, 2.05) is 30.3 Å². The number of aliphatic hydroxyl groups excluding tert-OH is 2. The first-order valence-corrected chi connectivity index (χ1v) is 6.92. The first kappa shape index (κ1) is 15.0. The Labute approximate surface area is 123 Å². The third kappa shape index (κ3) is 4.32. The molecular formula is C16H18ClNO2. The predicted octanol–water partition coefficient (Wildman–Crippen LogP) is 2.70. The standard InChI is InChI=1S/C16H18ClNO2/c17-14-8-6-13(7-9-14)16(20)11-18-10-15(19)12-4-2-1-3-5-12/h1-9,15-16,18-20H,10-11H2. The molecule has 3 N–H and O–H groups in total. The van der Waals surface area contributed by atoms with E-state index in [1.54, 1.807) is 24.3 Å². The fraction of sp³-hybridized carbons (Fsp3) is 0.250. The summed E-state index contributed by atoms with van der Waals surface area (Å²) in [6.45, 7) is 0.778. The van der Waals surface area contributed by atoms with E-state index in [2.05, 4.69) is 5.32 Å². The van der Waals surface area contributed by atoms with Crippen LogP contribution in [0.2, 0.25) is 5.02 Å². The summed E-state index contributed by atoms with van der Waals surface area (Å²) in [5.41, 5.74) is 1.66. The Bertz CT molecular complexity index is 516. The van der Waals surface area contributed by atoms with Gasteiger partial charge in [-0.3, -0.25) is 0 Å². The summed E-state index contributed by atoms with van der Waals surface area (Å²) in [6.07, 6.45) is -1.19. The number of nitrogens with one attached hydrogen (secondary N) is 1. The number of rotatable bonds is 6. The van der Waals surface area contributed by atoms with Gasteiger partial charge in [-0.05, 0) is 23.3 Å². The van der Waals surface area contributed by atoms with E-state index in [1.165, 1.54) is 0 Å². The van der Waals surface area contributed by atoms with Crippen LogP contribution in [0.5, 0.6) is 0 Å². The van der Waals surface area contributed by atoms with Crippen molar-refractivity contribution in [1.29, 1.82) is 0 Å². The molecule has 0 aliphatic rings. The molecule has 2 aromatic rings. The average molecular weight is 292 g/mol. The van der Waals surface area contributed by atoms with Gasteiger partial charge in [-0.1, -0.05) is 54.1 Å². The van der Waals surface area contributed by atoms with Gasteiger partial charge in [-0.2, -0.15) is 0 Å². The lowest BCUT2D eigenvalue weighted by atomic mass is 10.1. The molecule has 0 saturated carbocycles. The molecule has 0 saturated heterocycles. The first-order chi connectivity index (χ1) is 9.66. The highest BCUT2D eigenvalue weighted by Gasteiger charge is 2.10. The predicted molar refractivity (Wildman–Crippen MR) is 80.7 cm³/mol. The van der Waals surface area contributed by atoms with Gasteiger partial charge in [0.05, 0.1) is 12.2 Å². The second-order valence-corrected chi connectivity index (χ2v) is 5.09. The van der Waals surface area contributed by atoms with Crippen LogP contribution in [0, 0.1) is 0 Å². The average Bonchev–Trinajstić information content (AvgIpc) is 2.48. The molecule has 106 valence electrons. The van der Waals surface area contributed by atoms with Crippen LogP contribution >= 0.6 is 11.6 Å². The quantitative estimate of drug-likeness (QED) is 0.767. The van der Waals surface area contributed by atoms with Gasteiger partial charge in [0.2, 0.25) is 0 Å². The third-order valence-electron chi connectivity index (χ3n) is 3.11. The van der Waals surface area contributed by atoms with Gasteiger partial charge in [-0.25, -0.2) is 0 Å². The maximum atomic E-state index is 10.0. The summed E-state index contributed by atoms with van der Waals surface area (Å²) in [4.78, 5) is 0. The number of benzene rings is 2. The van der Waals surface area contributed by atoms with E-state index < -0.39 is 12.2 Å². The maximum absolute atomic E-state index is 10.0. The van der Waals surface area contributed by atoms with Gasteiger partial charge < -0.3 is 15.5 Å². The molecule has 2 rings (SSSR count). The van der Waals surface area contributed by atoms with Gasteiger partial charge in [0.15, 0.2) is 0 Å². The lowest BCUT2D eigenvalue weighted by Gasteiger charge is -2.15. The second kappa shape index (κ2) is 7.41. The fourth-order valence-electron chi connectivity index (χ4n) is 1.95. The smallest absolute Gasteiger partial charge is 0.0914 e. The Morgan fingerprint density at radius 3 is 1.85 bits per heavy atom. The van der Waals surface area contributed by atoms with Crippen LogP contribution in [0.15, 0.2) is 54.6 Å². The summed E-state index contributed by atoms with van der Waals surface area (Å²) in [5, 5.41) is 23.7. The molecule has 0 aliphatic carbocycles. The van der Waals surface area contributed by atoms with Crippen LogP contribution in [0.4, 0.5) is 0 Å². The molecule has 0 fully saturated rings. The largest absolute Gasteiger partial charge is 0.387 e. The molecule has 2 aromatic carbocycles. The van der Waals surface area contributed by atoms with Gasteiger partial charge in [0.25, 0.3) is 0 Å². The van der Waals surface area contributed by atoms with E-state index in [-0.39, 0.29) is 0 Å². The molecule has 3 nitrogen and oxygen atoms in total. The molecule has 0 heterocycles. The molecule has 2 unspecified atom stereocenters. The minimum absolute atomic E-state index is 0.380. The highest BCUT2D eigenvalue weighted by molar-refractivity contribution is 6.30. The van der Waals surface area contributed by atoms with Crippen LogP contribution in [0.25, 0.3) is 0 Å². The summed E-state index contributed by atoms with van der Waals surface area (Å²) in [6, 6.07) is 16.5. The summed E-state index contributed by atoms with van der Waals surface area (Å²) in [7, 11) is 0. The van der Waals surface area contributed by atoms with Crippen molar-refractivity contribution in [3.05, 3.63) is 70.7 Å². The zero-order chi connectivity index (χ0) is 14.4. The van der Waals surface area contributed by atoms with Gasteiger partial charge in [-0.15, -0.1) is 0 Å². The van der Waals surface area contributed by atoms with Crippen LogP contribution in [0.1, 0.15) is 23.3 Å². The van der Waals surface area contributed by atoms with Crippen molar-refractivity contribution < 1.29 is 10.2 Å². The van der Waals surface area contributed by atoms with Crippen LogP contribution in [-0.2, 0) is 0 Å². The van der Waals surface area contributed by atoms with E-state index in [9.17, 15) is 10.2 Å². The number of hydrogen-bond donors (Lipinski definition) is 3. The maximum Gasteiger partial charge on any atom is 0.0914 e. The van der Waals surface area contributed by atoms with Crippen molar-refractivity contribution in [2.45, 2.75) is 12.2 Å². The molecule has 0 aliphatic heterocycles. The van der Waals surface area contributed by atoms with Gasteiger partial charge in [0.1, 0.15) is 0 Å².